The van der Waals surface area contributed by atoms with Gasteiger partial charge in [0.25, 0.3) is 0 Å². The van der Waals surface area contributed by atoms with Gasteiger partial charge in [0, 0.05) is 22.4 Å². The van der Waals surface area contributed by atoms with Gasteiger partial charge in [-0.05, 0) is 48.3 Å². The summed E-state index contributed by atoms with van der Waals surface area (Å²) >= 11 is 6.69. The predicted molar refractivity (Wildman–Crippen MR) is 129 cm³/mol. The van der Waals surface area contributed by atoms with Crippen LogP contribution in [0.1, 0.15) is 18.6 Å². The van der Waals surface area contributed by atoms with E-state index in [0.29, 0.717) is 21.4 Å². The summed E-state index contributed by atoms with van der Waals surface area (Å²) in [5.74, 6) is -4.66. The van der Waals surface area contributed by atoms with E-state index in [0.717, 1.165) is 21.3 Å². The molecule has 0 amide bonds. The zero-order chi connectivity index (χ0) is 27.8. The van der Waals surface area contributed by atoms with E-state index in [1.54, 1.807) is 18.2 Å². The average molecular weight is 576 g/mol. The molecule has 9 nitrogen and oxygen atoms in total. The van der Waals surface area contributed by atoms with Crippen LogP contribution in [0, 0.1) is 0 Å². The van der Waals surface area contributed by atoms with Crippen molar-refractivity contribution in [2.75, 3.05) is 0 Å². The second-order valence-corrected chi connectivity index (χ2v) is 9.29. The van der Waals surface area contributed by atoms with Gasteiger partial charge in [-0.1, -0.05) is 23.7 Å². The molecule has 0 aliphatic rings. The van der Waals surface area contributed by atoms with Crippen LogP contribution in [-0.2, 0) is 19.0 Å². The summed E-state index contributed by atoms with van der Waals surface area (Å²) < 4.78 is 70.4. The maximum absolute atomic E-state index is 14.5. The van der Waals surface area contributed by atoms with Crippen molar-refractivity contribution in [1.82, 2.24) is 29.1 Å². The molecule has 0 saturated carbocycles. The lowest BCUT2D eigenvalue weighted by Crippen LogP contribution is -2.37. The van der Waals surface area contributed by atoms with Crippen LogP contribution in [0.3, 0.4) is 0 Å². The van der Waals surface area contributed by atoms with Crippen molar-refractivity contribution in [3.05, 3.63) is 75.7 Å². The number of nitrogens with two attached hydrogens (primary N) is 1. The Balaban J connectivity index is 1.81. The molecule has 202 valence electrons. The number of aromatic nitrogens is 6. The van der Waals surface area contributed by atoms with Gasteiger partial charge in [-0.25, -0.2) is 19.1 Å². The summed E-state index contributed by atoms with van der Waals surface area (Å²) in [6, 6.07) is 12.1. The van der Waals surface area contributed by atoms with Gasteiger partial charge in [0.2, 0.25) is 5.82 Å². The first kappa shape index (κ1) is 27.8. The summed E-state index contributed by atoms with van der Waals surface area (Å²) in [7, 11) is 0. The molecule has 0 bridgehead atoms. The summed E-state index contributed by atoms with van der Waals surface area (Å²) in [5, 5.41) is 23.8. The fourth-order valence-corrected chi connectivity index (χ4v) is 4.10. The minimum absolute atomic E-state index is 0.208. The Hall–Kier alpha value is -3.27. The molecule has 2 aromatic carbocycles. The third kappa shape index (κ3) is 5.75. The minimum Gasteiger partial charge on any atom is -0.382 e. The van der Waals surface area contributed by atoms with Gasteiger partial charge in [-0.3, -0.25) is 9.71 Å². The molecule has 1 atom stereocenters. The molecule has 0 aliphatic carbocycles. The summed E-state index contributed by atoms with van der Waals surface area (Å²) in [5.41, 5.74) is -0.603. The van der Waals surface area contributed by atoms with E-state index in [4.69, 9.17) is 16.7 Å². The van der Waals surface area contributed by atoms with Crippen LogP contribution in [0.4, 0.5) is 22.0 Å². The first-order chi connectivity index (χ1) is 17.8. The molecular weight excluding hydrogens is 557 g/mol. The number of aliphatic hydroxyl groups is 1. The number of alkyl halides is 5. The molecule has 0 saturated heterocycles. The molecule has 0 spiro atoms. The Morgan fingerprint density at radius 3 is 2.34 bits per heavy atom. The van der Waals surface area contributed by atoms with Crippen molar-refractivity contribution < 1.29 is 27.1 Å². The zero-order valence-electron chi connectivity index (χ0n) is 19.4. The van der Waals surface area contributed by atoms with Crippen molar-refractivity contribution in [3.63, 3.8) is 0 Å². The van der Waals surface area contributed by atoms with Gasteiger partial charge < -0.3 is 5.11 Å². The van der Waals surface area contributed by atoms with E-state index in [1.807, 2.05) is 0 Å². The summed E-state index contributed by atoms with van der Waals surface area (Å²) in [6.45, 7) is -1.09. The maximum Gasteiger partial charge on any atom is 0.416 e. The van der Waals surface area contributed by atoms with Gasteiger partial charge in [0.1, 0.15) is 6.54 Å². The lowest BCUT2D eigenvalue weighted by molar-refractivity contribution is -0.207. The molecule has 38 heavy (non-hydrogen) atoms. The van der Waals surface area contributed by atoms with E-state index in [9.17, 15) is 31.9 Å². The molecule has 4 rings (SSSR count). The van der Waals surface area contributed by atoms with Crippen LogP contribution in [0.2, 0.25) is 5.02 Å². The van der Waals surface area contributed by atoms with Gasteiger partial charge in [-0.15, -0.1) is 10.2 Å². The number of nitrogens with zero attached hydrogens (tertiary/aromatic N) is 6. The van der Waals surface area contributed by atoms with Crippen molar-refractivity contribution in [2.45, 2.75) is 43.1 Å². The smallest absolute Gasteiger partial charge is 0.382 e. The Kier molecular flexibility index (Phi) is 7.65. The Bertz CT molecular complexity index is 1500. The van der Waals surface area contributed by atoms with Crippen LogP contribution in [0.25, 0.3) is 17.1 Å². The van der Waals surface area contributed by atoms with Crippen molar-refractivity contribution >= 4 is 23.5 Å². The average Bonchev–Trinajstić information content (AvgIpc) is 3.41. The summed E-state index contributed by atoms with van der Waals surface area (Å²) in [4.78, 5) is 17.4. The van der Waals surface area contributed by atoms with Crippen LogP contribution in [-0.4, -0.2) is 46.5 Å². The first-order valence-corrected chi connectivity index (χ1v) is 12.0. The quantitative estimate of drug-likeness (QED) is 0.241. The van der Waals surface area contributed by atoms with Crippen LogP contribution >= 0.6 is 23.5 Å². The van der Waals surface area contributed by atoms with E-state index in [-0.39, 0.29) is 22.9 Å². The molecule has 3 N–H and O–H groups in total. The highest BCUT2D eigenvalue weighted by molar-refractivity contribution is 7.97. The van der Waals surface area contributed by atoms with Crippen LogP contribution in [0.5, 0.6) is 0 Å². The lowest BCUT2D eigenvalue weighted by Gasteiger charge is -2.15. The number of rotatable bonds is 8. The number of hydrogen-bond acceptors (Lipinski definition) is 7. The number of para-hydroxylation sites is 1. The number of halogens is 6. The topological polar surface area (TPSA) is 117 Å². The molecule has 0 radical (unpaired) electrons. The van der Waals surface area contributed by atoms with E-state index >= 15 is 0 Å². The Morgan fingerprint density at radius 1 is 1.08 bits per heavy atom. The van der Waals surface area contributed by atoms with Gasteiger partial charge in [0.15, 0.2) is 17.8 Å². The highest BCUT2D eigenvalue weighted by atomic mass is 35.5. The fourth-order valence-electron chi connectivity index (χ4n) is 3.54. The van der Waals surface area contributed by atoms with E-state index < -0.39 is 42.8 Å². The molecule has 2 heterocycles. The van der Waals surface area contributed by atoms with Crippen LogP contribution < -0.4 is 10.8 Å². The molecule has 16 heteroatoms. The van der Waals surface area contributed by atoms with Crippen LogP contribution in [0.15, 0.2) is 58.2 Å². The molecule has 4 aromatic rings. The number of aliphatic hydroxyl groups excluding tert-OH is 1. The highest BCUT2D eigenvalue weighted by Gasteiger charge is 2.39. The second kappa shape index (κ2) is 10.5. The molecule has 0 fully saturated rings. The SMILES string of the molecule is CC(F)(F)c1nc(Cn2nc(-c3ccc(Cl)cc3)n(CC(O)C(F)(F)F)c2=O)nn1-c1ccccc1SN. The largest absolute Gasteiger partial charge is 0.416 e. The zero-order valence-corrected chi connectivity index (χ0v) is 21.0. The van der Waals surface area contributed by atoms with Gasteiger partial charge >= 0.3 is 17.8 Å². The second-order valence-electron chi connectivity index (χ2n) is 8.18. The standard InChI is InChI=1S/C22H19ClF5N7O2S/c1-21(24,25)19-30-17(31-35(19)14-4-2-3-5-15(14)38-29)11-34-20(37)33(10-16(36)22(26,27)28)18(32-34)12-6-8-13(23)9-7-12/h2-9,16,36H,10-11,29H2,1H3. The van der Waals surface area contributed by atoms with Gasteiger partial charge in [0.05, 0.1) is 12.2 Å². The maximum atomic E-state index is 14.5. The third-order valence-electron chi connectivity index (χ3n) is 5.31. The number of benzene rings is 2. The van der Waals surface area contributed by atoms with Crippen molar-refractivity contribution in [2.24, 2.45) is 5.14 Å². The first-order valence-electron chi connectivity index (χ1n) is 10.8. The number of hydrogen-bond donors (Lipinski definition) is 2. The normalized spacial score (nSPS) is 13.2. The molecule has 2 aromatic heterocycles. The fraction of sp³-hybridized carbons (Fsp3) is 0.273. The van der Waals surface area contributed by atoms with E-state index in [1.165, 1.54) is 30.3 Å². The lowest BCUT2D eigenvalue weighted by atomic mass is 10.2. The third-order valence-corrected chi connectivity index (χ3v) is 6.16. The molecular formula is C22H19ClF5N7O2S. The minimum atomic E-state index is -5.00. The Labute approximate surface area is 220 Å². The summed E-state index contributed by atoms with van der Waals surface area (Å²) in [6.07, 6.45) is -7.87. The monoisotopic (exact) mass is 575 g/mol. The predicted octanol–water partition coefficient (Wildman–Crippen LogP) is 3.99. The molecule has 0 aliphatic heterocycles. The van der Waals surface area contributed by atoms with Crippen molar-refractivity contribution in [1.29, 1.82) is 0 Å². The van der Waals surface area contributed by atoms with Gasteiger partial charge in [-0.2, -0.15) is 22.0 Å². The Morgan fingerprint density at radius 2 is 1.74 bits per heavy atom. The molecule has 1 unspecified atom stereocenters. The van der Waals surface area contributed by atoms with Crippen molar-refractivity contribution in [3.8, 4) is 17.1 Å². The highest BCUT2D eigenvalue weighted by Crippen LogP contribution is 2.30. The van der Waals surface area contributed by atoms with E-state index in [2.05, 4.69) is 15.2 Å².